The Labute approximate surface area is 228 Å². The minimum atomic E-state index is -4.42. The van der Waals surface area contributed by atoms with E-state index >= 15 is 0 Å². The number of piperidine rings is 1. The van der Waals surface area contributed by atoms with Crippen LogP contribution in [0.4, 0.5) is 24.5 Å². The van der Waals surface area contributed by atoms with Gasteiger partial charge in [0, 0.05) is 25.0 Å². The van der Waals surface area contributed by atoms with E-state index in [4.69, 9.17) is 14.3 Å². The Balaban J connectivity index is 1.42. The number of furan rings is 1. The molecule has 3 heterocycles. The van der Waals surface area contributed by atoms with Gasteiger partial charge in [-0.2, -0.15) is 13.2 Å². The molecule has 14 heteroatoms. The van der Waals surface area contributed by atoms with Crippen LogP contribution in [0.1, 0.15) is 42.6 Å². The number of carbonyl (C=O) groups excluding carboxylic acids is 1. The molecule has 0 radical (unpaired) electrons. The number of hydrogen-bond acceptors (Lipinski definition) is 8. The molecule has 0 atom stereocenters. The second-order valence-corrected chi connectivity index (χ2v) is 11.9. The van der Waals surface area contributed by atoms with Crippen LogP contribution in [0.25, 0.3) is 11.0 Å². The Morgan fingerprint density at radius 1 is 1.15 bits per heavy atom. The lowest BCUT2D eigenvalue weighted by Gasteiger charge is -2.35. The molecule has 1 aliphatic carbocycles. The number of nitrogens with one attached hydrogen (secondary N) is 2. The third kappa shape index (κ3) is 6.34. The van der Waals surface area contributed by atoms with Gasteiger partial charge in [0.15, 0.2) is 5.58 Å². The Morgan fingerprint density at radius 2 is 1.90 bits per heavy atom. The molecule has 216 valence electrons. The summed E-state index contributed by atoms with van der Waals surface area (Å²) in [4.78, 5) is 19.4. The molecule has 5 rings (SSSR count). The summed E-state index contributed by atoms with van der Waals surface area (Å²) in [7, 11) is -3.90. The third-order valence-electron chi connectivity index (χ3n) is 7.31. The maximum absolute atomic E-state index is 13.3. The zero-order chi connectivity index (χ0) is 28.5. The zero-order valence-electron chi connectivity index (χ0n) is 21.5. The Hall–Kier alpha value is -3.36. The molecular formula is C26H29F3N4O6S. The molecule has 1 saturated heterocycles. The number of nitrogens with zero attached hydrogens (tertiary/aromatic N) is 2. The number of aliphatic hydroxyl groups excluding tert-OH is 1. The fraction of sp³-hybridized carbons (Fsp3) is 0.462. The van der Waals surface area contributed by atoms with Gasteiger partial charge >= 0.3 is 6.18 Å². The molecule has 1 spiro atoms. The largest absolute Gasteiger partial charge is 0.475 e. The number of fused-ring (bicyclic) bond motifs is 1. The summed E-state index contributed by atoms with van der Waals surface area (Å²) in [6.07, 6.45) is -0.0334. The normalized spacial score (nSPS) is 16.9. The fourth-order valence-corrected chi connectivity index (χ4v) is 5.86. The number of anilines is 2. The van der Waals surface area contributed by atoms with E-state index in [9.17, 15) is 26.4 Å². The number of ether oxygens (including phenoxy) is 1. The van der Waals surface area contributed by atoms with Crippen LogP contribution in [0.2, 0.25) is 0 Å². The number of carbonyl (C=O) groups is 1. The Morgan fingerprint density at radius 3 is 2.58 bits per heavy atom. The van der Waals surface area contributed by atoms with Crippen molar-refractivity contribution in [1.29, 1.82) is 0 Å². The Kier molecular flexibility index (Phi) is 7.68. The lowest BCUT2D eigenvalue weighted by atomic mass is 9.93. The van der Waals surface area contributed by atoms with Crippen molar-refractivity contribution in [2.75, 3.05) is 43.1 Å². The molecule has 3 N–H and O–H groups in total. The molecule has 2 aromatic heterocycles. The topological polar surface area (TPSA) is 134 Å². The van der Waals surface area contributed by atoms with Gasteiger partial charge in [-0.25, -0.2) is 18.1 Å². The predicted molar refractivity (Wildman–Crippen MR) is 140 cm³/mol. The van der Waals surface area contributed by atoms with Crippen LogP contribution in [0.5, 0.6) is 5.88 Å². The highest BCUT2D eigenvalue weighted by Crippen LogP contribution is 2.54. The first kappa shape index (κ1) is 28.2. The van der Waals surface area contributed by atoms with Gasteiger partial charge in [-0.05, 0) is 61.4 Å². The molecule has 1 aliphatic heterocycles. The van der Waals surface area contributed by atoms with Gasteiger partial charge in [0.1, 0.15) is 5.69 Å². The number of aromatic nitrogens is 1. The van der Waals surface area contributed by atoms with Gasteiger partial charge in [0.25, 0.3) is 11.8 Å². The van der Waals surface area contributed by atoms with Gasteiger partial charge in [0.2, 0.25) is 10.0 Å². The van der Waals surface area contributed by atoms with E-state index < -0.39 is 35.1 Å². The number of aliphatic hydroxyl groups is 1. The molecule has 1 aromatic carbocycles. The Bertz CT molecular complexity index is 1490. The summed E-state index contributed by atoms with van der Waals surface area (Å²) in [6.45, 7) is 0.181. The second kappa shape index (κ2) is 10.9. The maximum Gasteiger partial charge on any atom is 0.392 e. The lowest BCUT2D eigenvalue weighted by Crippen LogP contribution is -2.35. The molecule has 3 aromatic rings. The summed E-state index contributed by atoms with van der Waals surface area (Å²) in [5.41, 5.74) is 1.23. The van der Waals surface area contributed by atoms with Crippen LogP contribution >= 0.6 is 0 Å². The van der Waals surface area contributed by atoms with Gasteiger partial charge in [-0.1, -0.05) is 0 Å². The number of benzene rings is 1. The van der Waals surface area contributed by atoms with Crippen LogP contribution in [-0.2, 0) is 10.0 Å². The summed E-state index contributed by atoms with van der Waals surface area (Å²) < 4.78 is 76.2. The van der Waals surface area contributed by atoms with Crippen molar-refractivity contribution >= 4 is 38.3 Å². The monoisotopic (exact) mass is 582 g/mol. The minimum Gasteiger partial charge on any atom is -0.475 e. The molecule has 2 fully saturated rings. The lowest BCUT2D eigenvalue weighted by molar-refractivity contribution is -0.139. The van der Waals surface area contributed by atoms with Crippen LogP contribution in [-0.4, -0.2) is 63.4 Å². The highest BCUT2D eigenvalue weighted by atomic mass is 32.2. The molecule has 1 saturated carbocycles. The second-order valence-electron chi connectivity index (χ2n) is 10.1. The molecule has 40 heavy (non-hydrogen) atoms. The van der Waals surface area contributed by atoms with E-state index in [2.05, 4.69) is 15.0 Å². The van der Waals surface area contributed by atoms with E-state index in [-0.39, 0.29) is 35.2 Å². The summed E-state index contributed by atoms with van der Waals surface area (Å²) >= 11 is 0. The SMILES string of the molecule is O=C(Nc1ccc(S(=O)(=O)NCCO)cc1N1CCC2(CC1)CC2)c1cc2ccoc2c(OCCC(F)(F)F)n1. The number of alkyl halides is 3. The van der Waals surface area contributed by atoms with Gasteiger partial charge < -0.3 is 24.5 Å². The average molecular weight is 583 g/mol. The van der Waals surface area contributed by atoms with E-state index in [1.807, 2.05) is 4.90 Å². The van der Waals surface area contributed by atoms with Crippen LogP contribution in [0, 0.1) is 5.41 Å². The van der Waals surface area contributed by atoms with Crippen molar-refractivity contribution in [2.24, 2.45) is 5.41 Å². The molecule has 0 unspecified atom stereocenters. The van der Waals surface area contributed by atoms with Crippen LogP contribution < -0.4 is 19.7 Å². The van der Waals surface area contributed by atoms with Gasteiger partial charge in [-0.15, -0.1) is 0 Å². The number of halogens is 3. The average Bonchev–Trinajstić information content (AvgIpc) is 3.48. The first-order valence-corrected chi connectivity index (χ1v) is 14.4. The molecule has 0 bridgehead atoms. The maximum atomic E-state index is 13.3. The molecule has 2 aliphatic rings. The number of rotatable bonds is 10. The third-order valence-corrected chi connectivity index (χ3v) is 8.77. The number of amides is 1. The van der Waals surface area contributed by atoms with Crippen LogP contribution in [0.3, 0.4) is 0 Å². The first-order chi connectivity index (χ1) is 19.0. The van der Waals surface area contributed by atoms with Crippen molar-refractivity contribution in [1.82, 2.24) is 9.71 Å². The molecule has 10 nitrogen and oxygen atoms in total. The van der Waals surface area contributed by atoms with Gasteiger partial charge in [-0.3, -0.25) is 4.79 Å². The zero-order valence-corrected chi connectivity index (χ0v) is 22.3. The van der Waals surface area contributed by atoms with Crippen molar-refractivity contribution < 1.29 is 40.6 Å². The van der Waals surface area contributed by atoms with Crippen molar-refractivity contribution in [3.63, 3.8) is 0 Å². The van der Waals surface area contributed by atoms with Crippen molar-refractivity contribution in [3.8, 4) is 5.88 Å². The standard InChI is InChI=1S/C26H29F3N4O6S/c27-26(28,29)8-14-39-24-22-17(3-13-38-22)15-20(32-24)23(35)31-19-2-1-18(40(36,37)30-9-12-34)16-21(19)33-10-6-25(4-5-25)7-11-33/h1-3,13,15-16,30,34H,4-12,14H2,(H,31,35). The van der Waals surface area contributed by atoms with E-state index in [1.54, 1.807) is 0 Å². The number of pyridine rings is 1. The number of sulfonamides is 1. The molecular weight excluding hydrogens is 553 g/mol. The molecule has 1 amide bonds. The van der Waals surface area contributed by atoms with E-state index in [1.165, 1.54) is 49.4 Å². The smallest absolute Gasteiger partial charge is 0.392 e. The van der Waals surface area contributed by atoms with Crippen molar-refractivity contribution in [3.05, 3.63) is 42.3 Å². The van der Waals surface area contributed by atoms with Gasteiger partial charge in [0.05, 0.1) is 42.2 Å². The van der Waals surface area contributed by atoms with E-state index in [0.717, 1.165) is 12.8 Å². The summed E-state index contributed by atoms with van der Waals surface area (Å²) in [6, 6.07) is 7.29. The highest BCUT2D eigenvalue weighted by molar-refractivity contribution is 7.89. The first-order valence-electron chi connectivity index (χ1n) is 12.9. The quantitative estimate of drug-likeness (QED) is 0.326. The highest BCUT2D eigenvalue weighted by Gasteiger charge is 2.44. The minimum absolute atomic E-state index is 0.0149. The predicted octanol–water partition coefficient (Wildman–Crippen LogP) is 4.06. The fourth-order valence-electron chi connectivity index (χ4n) is 4.82. The van der Waals surface area contributed by atoms with Crippen molar-refractivity contribution in [2.45, 2.75) is 43.2 Å². The summed E-state index contributed by atoms with van der Waals surface area (Å²) in [5, 5.41) is 12.2. The van der Waals surface area contributed by atoms with Crippen LogP contribution in [0.15, 0.2) is 45.9 Å². The van der Waals surface area contributed by atoms with E-state index in [0.29, 0.717) is 35.3 Å². The number of hydrogen-bond donors (Lipinski definition) is 3. The summed E-state index contributed by atoms with van der Waals surface area (Å²) in [5.74, 6) is -0.894.